The fourth-order valence-electron chi connectivity index (χ4n) is 1.56. The molecule has 1 heterocycles. The van der Waals surface area contributed by atoms with Crippen molar-refractivity contribution in [3.05, 3.63) is 51.2 Å². The Morgan fingerprint density at radius 3 is 2.81 bits per heavy atom. The van der Waals surface area contributed by atoms with Crippen LogP contribution in [0.4, 0.5) is 0 Å². The summed E-state index contributed by atoms with van der Waals surface area (Å²) in [6, 6.07) is 9.56. The third-order valence-electron chi connectivity index (χ3n) is 2.33. The van der Waals surface area contributed by atoms with Gasteiger partial charge in [0.1, 0.15) is 11.8 Å². The van der Waals surface area contributed by atoms with Gasteiger partial charge in [-0.05, 0) is 46.6 Å². The van der Waals surface area contributed by atoms with Crippen molar-refractivity contribution >= 4 is 27.5 Å². The minimum absolute atomic E-state index is 0.581. The molecule has 0 saturated heterocycles. The van der Waals surface area contributed by atoms with Crippen LogP contribution in [0, 0.1) is 18.3 Å². The molecule has 0 saturated carbocycles. The predicted molar refractivity (Wildman–Crippen MR) is 67.9 cm³/mol. The van der Waals surface area contributed by atoms with Crippen molar-refractivity contribution in [2.75, 3.05) is 0 Å². The summed E-state index contributed by atoms with van der Waals surface area (Å²) >= 11 is 9.32. The van der Waals surface area contributed by atoms with Gasteiger partial charge in [-0.2, -0.15) is 5.26 Å². The topological polar surface area (TPSA) is 28.7 Å². The molecule has 0 radical (unpaired) electrons. The molecule has 1 aromatic carbocycles. The van der Waals surface area contributed by atoms with E-state index < -0.39 is 0 Å². The van der Waals surface area contributed by atoms with Gasteiger partial charge in [0.2, 0.25) is 0 Å². The van der Waals surface area contributed by atoms with Gasteiger partial charge in [0.05, 0.1) is 5.69 Å². The molecule has 0 aliphatic rings. The smallest absolute Gasteiger partial charge is 0.125 e. The lowest BCUT2D eigenvalue weighted by atomic mass is 10.2. The molecule has 0 aliphatic carbocycles. The Labute approximate surface area is 107 Å². The van der Waals surface area contributed by atoms with E-state index >= 15 is 0 Å². The van der Waals surface area contributed by atoms with Gasteiger partial charge in [0, 0.05) is 15.7 Å². The molecule has 2 aromatic rings. The monoisotopic (exact) mass is 294 g/mol. The molecule has 2 rings (SSSR count). The van der Waals surface area contributed by atoms with Crippen LogP contribution in [-0.4, -0.2) is 4.57 Å². The average molecular weight is 296 g/mol. The molecule has 1 aromatic heterocycles. The van der Waals surface area contributed by atoms with Crippen molar-refractivity contribution in [3.63, 3.8) is 0 Å². The molecule has 2 nitrogen and oxygen atoms in total. The van der Waals surface area contributed by atoms with Gasteiger partial charge in [-0.1, -0.05) is 17.7 Å². The van der Waals surface area contributed by atoms with E-state index in [1.807, 2.05) is 35.9 Å². The molecule has 0 aliphatic heterocycles. The summed E-state index contributed by atoms with van der Waals surface area (Å²) < 4.78 is 2.70. The minimum Gasteiger partial charge on any atom is -0.307 e. The molecule has 0 spiro atoms. The van der Waals surface area contributed by atoms with Gasteiger partial charge in [0.25, 0.3) is 0 Å². The van der Waals surface area contributed by atoms with Crippen molar-refractivity contribution in [2.45, 2.75) is 6.92 Å². The maximum Gasteiger partial charge on any atom is 0.125 e. The maximum atomic E-state index is 9.03. The summed E-state index contributed by atoms with van der Waals surface area (Å²) in [7, 11) is 0. The number of nitrogens with zero attached hydrogens (tertiary/aromatic N) is 2. The zero-order valence-electron chi connectivity index (χ0n) is 8.54. The molecular weight excluding hydrogens is 288 g/mol. The number of benzene rings is 1. The minimum atomic E-state index is 0.581. The van der Waals surface area contributed by atoms with Gasteiger partial charge in [-0.15, -0.1) is 0 Å². The molecule has 0 fully saturated rings. The zero-order chi connectivity index (χ0) is 11.7. The van der Waals surface area contributed by atoms with Crippen molar-refractivity contribution in [1.29, 1.82) is 5.26 Å². The van der Waals surface area contributed by atoms with Gasteiger partial charge >= 0.3 is 0 Å². The predicted octanol–water partition coefficient (Wildman–Crippen LogP) is 4.07. The Kier molecular flexibility index (Phi) is 3.04. The standard InChI is InChI=1S/C12H8BrClN2/c1-8-2-3-10(14)5-12(8)16-7-9(13)4-11(16)6-15/h2-5,7H,1H3. The lowest BCUT2D eigenvalue weighted by Crippen LogP contribution is -1.97. The fraction of sp³-hybridized carbons (Fsp3) is 0.0833. The van der Waals surface area contributed by atoms with Crippen molar-refractivity contribution in [1.82, 2.24) is 4.57 Å². The summed E-state index contributed by atoms with van der Waals surface area (Å²) in [4.78, 5) is 0. The van der Waals surface area contributed by atoms with E-state index in [2.05, 4.69) is 22.0 Å². The quantitative estimate of drug-likeness (QED) is 0.779. The second kappa shape index (κ2) is 4.32. The number of nitriles is 1. The molecule has 0 bridgehead atoms. The molecular formula is C12H8BrClN2. The van der Waals surface area contributed by atoms with Crippen LogP contribution < -0.4 is 0 Å². The normalized spacial score (nSPS) is 10.1. The van der Waals surface area contributed by atoms with Crippen LogP contribution in [-0.2, 0) is 0 Å². The highest BCUT2D eigenvalue weighted by Crippen LogP contribution is 2.24. The molecule has 0 N–H and O–H groups in total. The number of aryl methyl sites for hydroxylation is 1. The molecule has 0 atom stereocenters. The van der Waals surface area contributed by atoms with E-state index in [9.17, 15) is 0 Å². The zero-order valence-corrected chi connectivity index (χ0v) is 10.9. The first kappa shape index (κ1) is 11.3. The SMILES string of the molecule is Cc1ccc(Cl)cc1-n1cc(Br)cc1C#N. The van der Waals surface area contributed by atoms with E-state index in [-0.39, 0.29) is 0 Å². The Morgan fingerprint density at radius 2 is 2.12 bits per heavy atom. The third-order valence-corrected chi connectivity index (χ3v) is 3.00. The lowest BCUT2D eigenvalue weighted by molar-refractivity contribution is 1.03. The van der Waals surface area contributed by atoms with Crippen LogP contribution >= 0.6 is 27.5 Å². The van der Waals surface area contributed by atoms with Crippen LogP contribution in [0.5, 0.6) is 0 Å². The molecule has 4 heteroatoms. The summed E-state index contributed by atoms with van der Waals surface area (Å²) in [5, 5.41) is 9.69. The van der Waals surface area contributed by atoms with E-state index in [1.54, 1.807) is 6.07 Å². The van der Waals surface area contributed by atoms with Crippen molar-refractivity contribution < 1.29 is 0 Å². The van der Waals surface area contributed by atoms with Crippen LogP contribution in [0.15, 0.2) is 34.9 Å². The van der Waals surface area contributed by atoms with Gasteiger partial charge < -0.3 is 4.57 Å². The Morgan fingerprint density at radius 1 is 1.38 bits per heavy atom. The van der Waals surface area contributed by atoms with Crippen LogP contribution in [0.25, 0.3) is 5.69 Å². The van der Waals surface area contributed by atoms with E-state index in [0.29, 0.717) is 10.7 Å². The highest BCUT2D eigenvalue weighted by Gasteiger charge is 2.08. The summed E-state index contributed by atoms with van der Waals surface area (Å²) in [5.41, 5.74) is 2.58. The number of aromatic nitrogens is 1. The van der Waals surface area contributed by atoms with Gasteiger partial charge in [-0.3, -0.25) is 0 Å². The molecule has 80 valence electrons. The molecule has 0 amide bonds. The summed E-state index contributed by atoms with van der Waals surface area (Å²) in [5.74, 6) is 0. The average Bonchev–Trinajstić information content (AvgIpc) is 2.63. The first-order valence-electron chi connectivity index (χ1n) is 4.66. The van der Waals surface area contributed by atoms with Crippen LogP contribution in [0.1, 0.15) is 11.3 Å². The third kappa shape index (κ3) is 1.99. The van der Waals surface area contributed by atoms with E-state index in [0.717, 1.165) is 15.7 Å². The lowest BCUT2D eigenvalue weighted by Gasteiger charge is -2.08. The Bertz CT molecular complexity index is 581. The second-order valence-electron chi connectivity index (χ2n) is 3.46. The summed E-state index contributed by atoms with van der Waals surface area (Å²) in [6.07, 6.45) is 1.86. The van der Waals surface area contributed by atoms with Crippen molar-refractivity contribution in [3.8, 4) is 11.8 Å². The van der Waals surface area contributed by atoms with E-state index in [4.69, 9.17) is 16.9 Å². The second-order valence-corrected chi connectivity index (χ2v) is 4.81. The highest BCUT2D eigenvalue weighted by atomic mass is 79.9. The first-order chi connectivity index (χ1) is 7.61. The van der Waals surface area contributed by atoms with E-state index in [1.165, 1.54) is 0 Å². The number of rotatable bonds is 1. The van der Waals surface area contributed by atoms with Crippen LogP contribution in [0.3, 0.4) is 0 Å². The molecule has 0 unspecified atom stereocenters. The first-order valence-corrected chi connectivity index (χ1v) is 5.83. The number of hydrogen-bond acceptors (Lipinski definition) is 1. The Hall–Kier alpha value is -1.24. The Balaban J connectivity index is 2.67. The number of hydrogen-bond donors (Lipinski definition) is 0. The number of halogens is 2. The van der Waals surface area contributed by atoms with Crippen LogP contribution in [0.2, 0.25) is 5.02 Å². The maximum absolute atomic E-state index is 9.03. The van der Waals surface area contributed by atoms with Gasteiger partial charge in [0.15, 0.2) is 0 Å². The fourth-order valence-corrected chi connectivity index (χ4v) is 2.15. The molecule has 16 heavy (non-hydrogen) atoms. The van der Waals surface area contributed by atoms with Crippen molar-refractivity contribution in [2.24, 2.45) is 0 Å². The summed E-state index contributed by atoms with van der Waals surface area (Å²) in [6.45, 7) is 1.99. The van der Waals surface area contributed by atoms with Gasteiger partial charge in [-0.25, -0.2) is 0 Å². The largest absolute Gasteiger partial charge is 0.307 e. The highest BCUT2D eigenvalue weighted by molar-refractivity contribution is 9.10.